The van der Waals surface area contributed by atoms with Gasteiger partial charge in [-0.2, -0.15) is 0 Å². The van der Waals surface area contributed by atoms with Gasteiger partial charge < -0.3 is 21.3 Å². The lowest BCUT2D eigenvalue weighted by atomic mass is 10.1. The number of aliphatic hydroxyl groups is 2. The molecule has 5 N–H and O–H groups in total. The Morgan fingerprint density at radius 3 is 2.87 bits per heavy atom. The molecule has 15 heavy (non-hydrogen) atoms. The normalized spacial score (nSPS) is 14.7. The van der Waals surface area contributed by atoms with E-state index >= 15 is 0 Å². The van der Waals surface area contributed by atoms with Crippen LogP contribution in [0.25, 0.3) is 0 Å². The van der Waals surface area contributed by atoms with E-state index in [0.717, 1.165) is 5.56 Å². The highest BCUT2D eigenvalue weighted by Crippen LogP contribution is 2.19. The van der Waals surface area contributed by atoms with Crippen LogP contribution in [0.4, 0.5) is 11.5 Å². The van der Waals surface area contributed by atoms with Crippen LogP contribution in [-0.4, -0.2) is 33.9 Å². The van der Waals surface area contributed by atoms with Gasteiger partial charge in [0, 0.05) is 12.7 Å². The van der Waals surface area contributed by atoms with Crippen LogP contribution in [0.1, 0.15) is 12.5 Å². The lowest BCUT2D eigenvalue weighted by Crippen LogP contribution is -2.37. The zero-order valence-electron chi connectivity index (χ0n) is 8.99. The minimum atomic E-state index is -1.17. The molecule has 84 valence electrons. The fourth-order valence-corrected chi connectivity index (χ4v) is 1.04. The SMILES string of the molecule is Cc1ccnc(NCC(C)(O)CO)c1N. The van der Waals surface area contributed by atoms with Gasteiger partial charge in [-0.15, -0.1) is 0 Å². The zero-order chi connectivity index (χ0) is 11.5. The van der Waals surface area contributed by atoms with Crippen LogP contribution in [0.15, 0.2) is 12.3 Å². The third-order valence-electron chi connectivity index (χ3n) is 2.19. The predicted octanol–water partition coefficient (Wildman–Crippen LogP) is 0.127. The maximum absolute atomic E-state index is 9.56. The summed E-state index contributed by atoms with van der Waals surface area (Å²) < 4.78 is 0. The number of nitrogens with zero attached hydrogens (tertiary/aromatic N) is 1. The van der Waals surface area contributed by atoms with Crippen molar-refractivity contribution in [1.82, 2.24) is 4.98 Å². The second-order valence-corrected chi connectivity index (χ2v) is 3.90. The van der Waals surface area contributed by atoms with Gasteiger partial charge in [0.05, 0.1) is 12.3 Å². The summed E-state index contributed by atoms with van der Waals surface area (Å²) in [6.45, 7) is 3.30. The molecule has 0 bridgehead atoms. The molecule has 0 radical (unpaired) electrons. The lowest BCUT2D eigenvalue weighted by Gasteiger charge is -2.21. The van der Waals surface area contributed by atoms with Gasteiger partial charge in [-0.05, 0) is 25.5 Å². The molecule has 1 aromatic heterocycles. The van der Waals surface area contributed by atoms with Gasteiger partial charge in [-0.3, -0.25) is 0 Å². The monoisotopic (exact) mass is 211 g/mol. The number of nitrogens with one attached hydrogen (secondary N) is 1. The Kier molecular flexibility index (Phi) is 3.49. The Morgan fingerprint density at radius 1 is 1.60 bits per heavy atom. The Bertz CT molecular complexity index is 339. The van der Waals surface area contributed by atoms with Crippen molar-refractivity contribution in [2.45, 2.75) is 19.4 Å². The molecule has 0 spiro atoms. The summed E-state index contributed by atoms with van der Waals surface area (Å²) in [5, 5.41) is 21.3. The molecular formula is C10H17N3O2. The molecule has 0 aliphatic heterocycles. The smallest absolute Gasteiger partial charge is 0.149 e. The van der Waals surface area contributed by atoms with Gasteiger partial charge in [-0.1, -0.05) is 0 Å². The first kappa shape index (κ1) is 11.7. The largest absolute Gasteiger partial charge is 0.396 e. The van der Waals surface area contributed by atoms with E-state index in [0.29, 0.717) is 11.5 Å². The van der Waals surface area contributed by atoms with Gasteiger partial charge in [0.15, 0.2) is 0 Å². The Morgan fingerprint density at radius 2 is 2.27 bits per heavy atom. The minimum absolute atomic E-state index is 0.199. The van der Waals surface area contributed by atoms with E-state index in [9.17, 15) is 5.11 Å². The van der Waals surface area contributed by atoms with Gasteiger partial charge in [0.2, 0.25) is 0 Å². The van der Waals surface area contributed by atoms with Crippen LogP contribution in [0.2, 0.25) is 0 Å². The summed E-state index contributed by atoms with van der Waals surface area (Å²) in [6.07, 6.45) is 1.64. The van der Waals surface area contributed by atoms with E-state index in [-0.39, 0.29) is 13.2 Å². The van der Waals surface area contributed by atoms with Crippen molar-refractivity contribution in [3.8, 4) is 0 Å². The standard InChI is InChI=1S/C10H17N3O2/c1-7-3-4-12-9(8(7)11)13-5-10(2,15)6-14/h3-4,14-15H,5-6,11H2,1-2H3,(H,12,13). The van der Waals surface area contributed by atoms with E-state index in [1.54, 1.807) is 6.20 Å². The molecule has 0 saturated heterocycles. The summed E-state index contributed by atoms with van der Waals surface area (Å²) >= 11 is 0. The molecule has 0 fully saturated rings. The van der Waals surface area contributed by atoms with Crippen LogP contribution >= 0.6 is 0 Å². The maximum atomic E-state index is 9.56. The molecule has 0 aliphatic carbocycles. The number of hydrogen-bond acceptors (Lipinski definition) is 5. The average molecular weight is 211 g/mol. The molecular weight excluding hydrogens is 194 g/mol. The summed E-state index contributed by atoms with van der Waals surface area (Å²) in [7, 11) is 0. The van der Waals surface area contributed by atoms with E-state index in [1.807, 2.05) is 13.0 Å². The first-order chi connectivity index (χ1) is 6.96. The van der Waals surface area contributed by atoms with Crippen molar-refractivity contribution in [1.29, 1.82) is 0 Å². The molecule has 0 aromatic carbocycles. The van der Waals surface area contributed by atoms with E-state index in [2.05, 4.69) is 10.3 Å². The van der Waals surface area contributed by atoms with Gasteiger partial charge >= 0.3 is 0 Å². The highest BCUT2D eigenvalue weighted by molar-refractivity contribution is 5.64. The molecule has 0 aliphatic rings. The quantitative estimate of drug-likeness (QED) is 0.568. The predicted molar refractivity (Wildman–Crippen MR) is 59.6 cm³/mol. The van der Waals surface area contributed by atoms with Crippen LogP contribution in [0.5, 0.6) is 0 Å². The molecule has 1 heterocycles. The Hall–Kier alpha value is -1.33. The number of aryl methyl sites for hydroxylation is 1. The summed E-state index contributed by atoms with van der Waals surface area (Å²) in [5.74, 6) is 0.531. The van der Waals surface area contributed by atoms with Crippen molar-refractivity contribution in [3.63, 3.8) is 0 Å². The van der Waals surface area contributed by atoms with Gasteiger partial charge in [0.1, 0.15) is 11.4 Å². The first-order valence-electron chi connectivity index (χ1n) is 4.74. The maximum Gasteiger partial charge on any atom is 0.149 e. The Labute approximate surface area is 89.0 Å². The van der Waals surface area contributed by atoms with Crippen molar-refractivity contribution >= 4 is 11.5 Å². The number of hydrogen-bond donors (Lipinski definition) is 4. The van der Waals surface area contributed by atoms with E-state index in [4.69, 9.17) is 10.8 Å². The molecule has 0 amide bonds. The molecule has 1 unspecified atom stereocenters. The molecule has 5 heteroatoms. The highest BCUT2D eigenvalue weighted by Gasteiger charge is 2.19. The third kappa shape index (κ3) is 3.07. The number of aromatic nitrogens is 1. The summed E-state index contributed by atoms with van der Waals surface area (Å²) in [6, 6.07) is 1.81. The summed E-state index contributed by atoms with van der Waals surface area (Å²) in [5.41, 5.74) is 6.10. The molecule has 0 saturated carbocycles. The number of aliphatic hydroxyl groups excluding tert-OH is 1. The zero-order valence-corrected chi connectivity index (χ0v) is 8.99. The van der Waals surface area contributed by atoms with Crippen LogP contribution in [0, 0.1) is 6.92 Å². The van der Waals surface area contributed by atoms with Crippen LogP contribution < -0.4 is 11.1 Å². The first-order valence-corrected chi connectivity index (χ1v) is 4.74. The van der Waals surface area contributed by atoms with Crippen molar-refractivity contribution < 1.29 is 10.2 Å². The average Bonchev–Trinajstić information content (AvgIpc) is 2.20. The number of nitrogen functional groups attached to an aromatic ring is 1. The minimum Gasteiger partial charge on any atom is -0.396 e. The Balaban J connectivity index is 2.70. The van der Waals surface area contributed by atoms with E-state index in [1.165, 1.54) is 6.92 Å². The fraction of sp³-hybridized carbons (Fsp3) is 0.500. The molecule has 1 aromatic rings. The van der Waals surface area contributed by atoms with Crippen molar-refractivity contribution in [2.24, 2.45) is 0 Å². The van der Waals surface area contributed by atoms with Gasteiger partial charge in [-0.25, -0.2) is 4.98 Å². The van der Waals surface area contributed by atoms with Crippen LogP contribution in [0.3, 0.4) is 0 Å². The number of nitrogens with two attached hydrogens (primary N) is 1. The number of pyridine rings is 1. The van der Waals surface area contributed by atoms with Crippen molar-refractivity contribution in [3.05, 3.63) is 17.8 Å². The second-order valence-electron chi connectivity index (χ2n) is 3.90. The second kappa shape index (κ2) is 4.46. The number of rotatable bonds is 4. The number of anilines is 2. The van der Waals surface area contributed by atoms with E-state index < -0.39 is 5.60 Å². The summed E-state index contributed by atoms with van der Waals surface area (Å²) in [4.78, 5) is 4.05. The van der Waals surface area contributed by atoms with Crippen molar-refractivity contribution in [2.75, 3.05) is 24.2 Å². The molecule has 5 nitrogen and oxygen atoms in total. The molecule has 1 rings (SSSR count). The lowest BCUT2D eigenvalue weighted by molar-refractivity contribution is 0.0132. The fourth-order valence-electron chi connectivity index (χ4n) is 1.04. The topological polar surface area (TPSA) is 91.4 Å². The van der Waals surface area contributed by atoms with Crippen LogP contribution in [-0.2, 0) is 0 Å². The highest BCUT2D eigenvalue weighted by atomic mass is 16.3. The third-order valence-corrected chi connectivity index (χ3v) is 2.19. The molecule has 1 atom stereocenters. The van der Waals surface area contributed by atoms with Gasteiger partial charge in [0.25, 0.3) is 0 Å².